The third-order valence-electron chi connectivity index (χ3n) is 4.83. The fraction of sp³-hybridized carbons (Fsp3) is 0.389. The maximum absolute atomic E-state index is 12.7. The number of para-hydroxylation sites is 1. The molecular weight excluding hydrogens is 302 g/mol. The van der Waals surface area contributed by atoms with Gasteiger partial charge in [0.2, 0.25) is 0 Å². The zero-order valence-corrected chi connectivity index (χ0v) is 13.9. The summed E-state index contributed by atoms with van der Waals surface area (Å²) in [4.78, 5) is 19.1. The van der Waals surface area contributed by atoms with Crippen molar-refractivity contribution in [2.75, 3.05) is 49.6 Å². The second-order valence-electron chi connectivity index (χ2n) is 6.40. The molecule has 0 radical (unpaired) electrons. The molecule has 0 atom stereocenters. The maximum atomic E-state index is 12.7. The molecule has 24 heavy (non-hydrogen) atoms. The molecule has 0 aliphatic carbocycles. The Hall–Kier alpha value is -2.47. The van der Waals surface area contributed by atoms with Gasteiger partial charge in [-0.05, 0) is 37.2 Å². The average Bonchev–Trinajstić information content (AvgIpc) is 3.06. The van der Waals surface area contributed by atoms with Gasteiger partial charge in [0.05, 0.1) is 0 Å². The second-order valence-corrected chi connectivity index (χ2v) is 6.40. The summed E-state index contributed by atoms with van der Waals surface area (Å²) in [5.41, 5.74) is 2.62. The number of carbonyl (C=O) groups excluding carboxylic acids is 1. The predicted molar refractivity (Wildman–Crippen MR) is 93.6 cm³/mol. The van der Waals surface area contributed by atoms with Gasteiger partial charge in [-0.25, -0.2) is 0 Å². The summed E-state index contributed by atoms with van der Waals surface area (Å²) < 4.78 is 0. The fourth-order valence-electron chi connectivity index (χ4n) is 3.33. The van der Waals surface area contributed by atoms with Gasteiger partial charge in [0.25, 0.3) is 5.91 Å². The van der Waals surface area contributed by atoms with E-state index in [1.165, 1.54) is 5.56 Å². The van der Waals surface area contributed by atoms with Crippen molar-refractivity contribution in [3.63, 3.8) is 0 Å². The van der Waals surface area contributed by atoms with E-state index in [9.17, 15) is 4.79 Å². The standard InChI is InChI=1S/C18H21N5O/c1-21-10-12-22(13-11-21)17-7-6-15(19-20-17)18(24)23-9-8-14-4-2-3-5-16(14)23/h2-7H,8-13H2,1H3. The van der Waals surface area contributed by atoms with E-state index in [2.05, 4.69) is 33.1 Å². The van der Waals surface area contributed by atoms with Crippen LogP contribution in [0.5, 0.6) is 0 Å². The largest absolute Gasteiger partial charge is 0.353 e. The highest BCUT2D eigenvalue weighted by molar-refractivity contribution is 6.06. The lowest BCUT2D eigenvalue weighted by atomic mass is 10.2. The van der Waals surface area contributed by atoms with Crippen LogP contribution in [0, 0.1) is 0 Å². The third-order valence-corrected chi connectivity index (χ3v) is 4.83. The molecule has 0 N–H and O–H groups in total. The highest BCUT2D eigenvalue weighted by atomic mass is 16.2. The van der Waals surface area contributed by atoms with Crippen molar-refractivity contribution in [3.8, 4) is 0 Å². The summed E-state index contributed by atoms with van der Waals surface area (Å²) in [7, 11) is 2.12. The lowest BCUT2D eigenvalue weighted by Gasteiger charge is -2.32. The number of nitrogens with zero attached hydrogens (tertiary/aromatic N) is 5. The molecule has 1 amide bonds. The summed E-state index contributed by atoms with van der Waals surface area (Å²) in [6.45, 7) is 4.63. The Balaban J connectivity index is 1.50. The Bertz CT molecular complexity index is 737. The average molecular weight is 323 g/mol. The van der Waals surface area contributed by atoms with Crippen molar-refractivity contribution in [1.29, 1.82) is 0 Å². The zero-order valence-electron chi connectivity index (χ0n) is 13.9. The number of carbonyl (C=O) groups is 1. The number of aromatic nitrogens is 2. The van der Waals surface area contributed by atoms with Crippen LogP contribution in [-0.2, 0) is 6.42 Å². The lowest BCUT2D eigenvalue weighted by Crippen LogP contribution is -2.45. The van der Waals surface area contributed by atoms with Crippen molar-refractivity contribution in [3.05, 3.63) is 47.7 Å². The molecule has 2 aromatic rings. The van der Waals surface area contributed by atoms with E-state index in [1.807, 2.05) is 24.3 Å². The van der Waals surface area contributed by atoms with Crippen LogP contribution >= 0.6 is 0 Å². The zero-order chi connectivity index (χ0) is 16.5. The number of anilines is 2. The van der Waals surface area contributed by atoms with Crippen molar-refractivity contribution >= 4 is 17.4 Å². The number of benzene rings is 1. The molecule has 6 nitrogen and oxygen atoms in total. The molecular formula is C18H21N5O. The van der Waals surface area contributed by atoms with Gasteiger partial charge in [-0.15, -0.1) is 10.2 Å². The van der Waals surface area contributed by atoms with E-state index in [4.69, 9.17) is 0 Å². The van der Waals surface area contributed by atoms with E-state index in [0.29, 0.717) is 12.2 Å². The van der Waals surface area contributed by atoms with Gasteiger partial charge < -0.3 is 14.7 Å². The van der Waals surface area contributed by atoms with Gasteiger partial charge in [0.15, 0.2) is 11.5 Å². The van der Waals surface area contributed by atoms with E-state index >= 15 is 0 Å². The van der Waals surface area contributed by atoms with Crippen LogP contribution in [0.25, 0.3) is 0 Å². The van der Waals surface area contributed by atoms with Crippen LogP contribution in [0.15, 0.2) is 36.4 Å². The number of hydrogen-bond donors (Lipinski definition) is 0. The Morgan fingerprint density at radius 2 is 1.75 bits per heavy atom. The molecule has 0 spiro atoms. The molecule has 0 bridgehead atoms. The van der Waals surface area contributed by atoms with E-state index in [-0.39, 0.29) is 5.91 Å². The van der Waals surface area contributed by atoms with Crippen LogP contribution < -0.4 is 9.80 Å². The van der Waals surface area contributed by atoms with Crippen LogP contribution in [0.4, 0.5) is 11.5 Å². The predicted octanol–water partition coefficient (Wildman–Crippen LogP) is 1.43. The summed E-state index contributed by atoms with van der Waals surface area (Å²) in [6, 6.07) is 11.7. The Morgan fingerprint density at radius 1 is 0.958 bits per heavy atom. The first-order valence-corrected chi connectivity index (χ1v) is 8.39. The first-order valence-electron chi connectivity index (χ1n) is 8.39. The monoisotopic (exact) mass is 323 g/mol. The van der Waals surface area contributed by atoms with Gasteiger partial charge in [-0.3, -0.25) is 4.79 Å². The van der Waals surface area contributed by atoms with Crippen LogP contribution in [-0.4, -0.2) is 60.8 Å². The SMILES string of the molecule is CN1CCN(c2ccc(C(=O)N3CCc4ccccc43)nn2)CC1. The Kier molecular flexibility index (Phi) is 3.90. The van der Waals surface area contributed by atoms with Gasteiger partial charge in [-0.1, -0.05) is 18.2 Å². The molecule has 1 saturated heterocycles. The molecule has 2 aliphatic rings. The van der Waals surface area contributed by atoms with E-state index < -0.39 is 0 Å². The quantitative estimate of drug-likeness (QED) is 0.837. The third kappa shape index (κ3) is 2.73. The molecule has 4 rings (SSSR count). The smallest absolute Gasteiger partial charge is 0.278 e. The molecule has 1 aromatic carbocycles. The van der Waals surface area contributed by atoms with Crippen molar-refractivity contribution in [1.82, 2.24) is 15.1 Å². The topological polar surface area (TPSA) is 52.6 Å². The van der Waals surface area contributed by atoms with Crippen LogP contribution in [0.3, 0.4) is 0 Å². The maximum Gasteiger partial charge on any atom is 0.278 e. The Morgan fingerprint density at radius 3 is 2.50 bits per heavy atom. The number of piperazine rings is 1. The first-order chi connectivity index (χ1) is 11.7. The first kappa shape index (κ1) is 15.1. The number of likely N-dealkylation sites (N-methyl/N-ethyl adjacent to an activating group) is 1. The normalized spacial score (nSPS) is 17.9. The van der Waals surface area contributed by atoms with E-state index in [0.717, 1.165) is 44.1 Å². The molecule has 124 valence electrons. The van der Waals surface area contributed by atoms with Crippen molar-refractivity contribution in [2.24, 2.45) is 0 Å². The number of hydrogen-bond acceptors (Lipinski definition) is 5. The van der Waals surface area contributed by atoms with Gasteiger partial charge >= 0.3 is 0 Å². The molecule has 1 aromatic heterocycles. The van der Waals surface area contributed by atoms with Crippen molar-refractivity contribution < 1.29 is 4.79 Å². The Labute approximate surface area is 141 Å². The van der Waals surface area contributed by atoms with Gasteiger partial charge in [0.1, 0.15) is 0 Å². The highest BCUT2D eigenvalue weighted by Crippen LogP contribution is 2.28. The summed E-state index contributed by atoms with van der Waals surface area (Å²) in [6.07, 6.45) is 0.898. The minimum absolute atomic E-state index is 0.0719. The number of amides is 1. The molecule has 2 aliphatic heterocycles. The molecule has 3 heterocycles. The summed E-state index contributed by atoms with van der Waals surface area (Å²) in [5.74, 6) is 0.777. The van der Waals surface area contributed by atoms with Crippen molar-refractivity contribution in [2.45, 2.75) is 6.42 Å². The van der Waals surface area contributed by atoms with Gasteiger partial charge in [-0.2, -0.15) is 0 Å². The number of rotatable bonds is 2. The summed E-state index contributed by atoms with van der Waals surface area (Å²) in [5, 5.41) is 8.48. The van der Waals surface area contributed by atoms with Crippen LogP contribution in [0.2, 0.25) is 0 Å². The minimum Gasteiger partial charge on any atom is -0.353 e. The van der Waals surface area contributed by atoms with E-state index in [1.54, 1.807) is 11.0 Å². The summed E-state index contributed by atoms with van der Waals surface area (Å²) >= 11 is 0. The second kappa shape index (κ2) is 6.20. The minimum atomic E-state index is -0.0719. The fourth-order valence-corrected chi connectivity index (χ4v) is 3.33. The molecule has 1 fully saturated rings. The van der Waals surface area contributed by atoms with Gasteiger partial charge in [0, 0.05) is 38.4 Å². The molecule has 6 heteroatoms. The highest BCUT2D eigenvalue weighted by Gasteiger charge is 2.26. The molecule has 0 unspecified atom stereocenters. The van der Waals surface area contributed by atoms with Crippen LogP contribution in [0.1, 0.15) is 16.1 Å². The lowest BCUT2D eigenvalue weighted by molar-refractivity contribution is 0.0983. The number of fused-ring (bicyclic) bond motifs is 1. The molecule has 0 saturated carbocycles.